The van der Waals surface area contributed by atoms with Crippen molar-refractivity contribution in [2.45, 2.75) is 21.6 Å². The van der Waals surface area contributed by atoms with Crippen LogP contribution in [0.3, 0.4) is 0 Å². The van der Waals surface area contributed by atoms with Crippen molar-refractivity contribution >= 4 is 90.7 Å². The summed E-state index contributed by atoms with van der Waals surface area (Å²) in [5, 5.41) is 40.1. The van der Waals surface area contributed by atoms with Crippen LogP contribution in [-0.4, -0.2) is 115 Å². The average molecular weight is 830 g/mol. The van der Waals surface area contributed by atoms with E-state index >= 15 is 0 Å². The molecule has 0 atom stereocenters. The van der Waals surface area contributed by atoms with Crippen molar-refractivity contribution in [2.24, 2.45) is 10.2 Å². The first-order chi connectivity index (χ1) is 25.1. The fraction of sp³-hybridized carbons (Fsp3) is 0.250. The number of nitrogens with one attached hydrogen (secondary N) is 2. The quantitative estimate of drug-likeness (QED) is 0.0543. The largest absolute Gasteiger partial charge is 0.395 e. The van der Waals surface area contributed by atoms with E-state index in [4.69, 9.17) is 10.8 Å². The standard InChI is InChI=1S/C28H31N9O13S4/c1-15-24(29)27(30-6-8-38)32-28(31-7-10-51(40,41)11-9-39)25(15)34-33-20-4-2-16(12-23(20)54(48,49)50)37-35-21-5-3-18-19(26(21)36-37)13-17(52(42,43)44)14-22(18)53(45,46)47/h2-5,12-14,38-39H,6-11,29H2,1H3,(H2,30,31,32)(H,42,43,44)(H,45,46,47)(H,48,49,50). The molecule has 0 aliphatic heterocycles. The van der Waals surface area contributed by atoms with Gasteiger partial charge in [-0.25, -0.2) is 13.4 Å². The zero-order valence-corrected chi connectivity index (χ0v) is 30.9. The van der Waals surface area contributed by atoms with E-state index in [2.05, 4.69) is 36.0 Å². The number of azo groups is 1. The molecule has 0 amide bonds. The van der Waals surface area contributed by atoms with Crippen molar-refractivity contribution in [3.63, 3.8) is 0 Å². The Bertz CT molecular complexity index is 2770. The Hall–Kier alpha value is -4.93. The highest BCUT2D eigenvalue weighted by Crippen LogP contribution is 2.38. The van der Waals surface area contributed by atoms with Crippen LogP contribution in [0.5, 0.6) is 0 Å². The molecule has 0 saturated carbocycles. The molecule has 0 fully saturated rings. The molecular weight excluding hydrogens is 799 g/mol. The van der Waals surface area contributed by atoms with Gasteiger partial charge in [0, 0.05) is 29.4 Å². The van der Waals surface area contributed by atoms with Gasteiger partial charge in [0.1, 0.15) is 32.2 Å². The second kappa shape index (κ2) is 15.1. The summed E-state index contributed by atoms with van der Waals surface area (Å²) in [6.07, 6.45) is 0. The highest BCUT2D eigenvalue weighted by atomic mass is 32.2. The van der Waals surface area contributed by atoms with Crippen molar-refractivity contribution in [3.8, 4) is 5.69 Å². The number of sulfone groups is 1. The summed E-state index contributed by atoms with van der Waals surface area (Å²) in [7, 11) is -18.7. The molecule has 0 saturated heterocycles. The van der Waals surface area contributed by atoms with Gasteiger partial charge in [0.05, 0.1) is 41.0 Å². The number of pyridine rings is 1. The van der Waals surface area contributed by atoms with Crippen LogP contribution in [0.2, 0.25) is 0 Å². The molecule has 290 valence electrons. The molecule has 0 spiro atoms. The normalized spacial score (nSPS) is 12.9. The van der Waals surface area contributed by atoms with Crippen molar-refractivity contribution < 1.29 is 57.5 Å². The van der Waals surface area contributed by atoms with Gasteiger partial charge in [-0.2, -0.15) is 30.0 Å². The summed E-state index contributed by atoms with van der Waals surface area (Å²) in [5.41, 5.74) is 5.90. The summed E-state index contributed by atoms with van der Waals surface area (Å²) in [5.74, 6) is -0.806. The Balaban J connectivity index is 1.60. The maximum atomic E-state index is 12.6. The van der Waals surface area contributed by atoms with Gasteiger partial charge in [-0.05, 0) is 43.3 Å². The van der Waals surface area contributed by atoms with Crippen LogP contribution < -0.4 is 16.4 Å². The molecule has 5 aromatic rings. The maximum Gasteiger partial charge on any atom is 0.296 e. The first-order valence-electron chi connectivity index (χ1n) is 15.2. The van der Waals surface area contributed by atoms with Gasteiger partial charge in [0.15, 0.2) is 21.5 Å². The number of rotatable bonds is 15. The number of aliphatic hydroxyl groups excluding tert-OH is 2. The maximum absolute atomic E-state index is 12.6. The molecule has 54 heavy (non-hydrogen) atoms. The van der Waals surface area contributed by atoms with E-state index in [1.54, 1.807) is 0 Å². The summed E-state index contributed by atoms with van der Waals surface area (Å²) in [4.78, 5) is 2.69. The van der Waals surface area contributed by atoms with E-state index in [1.807, 2.05) is 0 Å². The van der Waals surface area contributed by atoms with Gasteiger partial charge in [0.2, 0.25) is 0 Å². The minimum atomic E-state index is -5.05. The molecule has 0 aliphatic carbocycles. The lowest BCUT2D eigenvalue weighted by Gasteiger charge is -2.16. The molecule has 26 heteroatoms. The molecule has 0 unspecified atom stereocenters. The van der Waals surface area contributed by atoms with E-state index in [-0.39, 0.29) is 75.8 Å². The fourth-order valence-corrected chi connectivity index (χ4v) is 7.96. The zero-order chi connectivity index (χ0) is 39.8. The molecule has 22 nitrogen and oxygen atoms in total. The monoisotopic (exact) mass is 829 g/mol. The lowest BCUT2D eigenvalue weighted by atomic mass is 10.1. The first kappa shape index (κ1) is 40.3. The van der Waals surface area contributed by atoms with Gasteiger partial charge < -0.3 is 26.6 Å². The highest BCUT2D eigenvalue weighted by Gasteiger charge is 2.24. The number of hydrogen-bond acceptors (Lipinski definition) is 18. The van der Waals surface area contributed by atoms with Crippen LogP contribution in [0.1, 0.15) is 5.56 Å². The van der Waals surface area contributed by atoms with E-state index in [0.29, 0.717) is 6.07 Å². The Kier molecular flexibility index (Phi) is 11.2. The number of nitrogens with zero attached hydrogens (tertiary/aromatic N) is 6. The van der Waals surface area contributed by atoms with Crippen LogP contribution in [-0.2, 0) is 40.2 Å². The lowest BCUT2D eigenvalue weighted by molar-refractivity contribution is 0.311. The van der Waals surface area contributed by atoms with Crippen LogP contribution in [0.25, 0.3) is 27.5 Å². The summed E-state index contributed by atoms with van der Waals surface area (Å²) >= 11 is 0. The van der Waals surface area contributed by atoms with Crippen molar-refractivity contribution in [3.05, 3.63) is 48.0 Å². The van der Waals surface area contributed by atoms with Crippen LogP contribution >= 0.6 is 0 Å². The first-order valence-corrected chi connectivity index (χ1v) is 21.3. The van der Waals surface area contributed by atoms with Gasteiger partial charge in [-0.1, -0.05) is 6.07 Å². The molecule has 0 radical (unpaired) electrons. The lowest BCUT2D eigenvalue weighted by Crippen LogP contribution is -2.21. The molecule has 9 N–H and O–H groups in total. The fourth-order valence-electron chi connectivity index (χ4n) is 5.08. The van der Waals surface area contributed by atoms with Gasteiger partial charge in [-0.15, -0.1) is 20.4 Å². The number of fused-ring (bicyclic) bond motifs is 3. The predicted octanol–water partition coefficient (Wildman–Crippen LogP) is 1.24. The topological polar surface area (TPSA) is 356 Å². The third kappa shape index (κ3) is 8.71. The number of aliphatic hydroxyl groups is 2. The van der Waals surface area contributed by atoms with E-state index in [0.717, 1.165) is 23.0 Å². The molecule has 0 aliphatic rings. The van der Waals surface area contributed by atoms with Crippen molar-refractivity contribution in [2.75, 3.05) is 54.2 Å². The van der Waals surface area contributed by atoms with Crippen molar-refractivity contribution in [1.82, 2.24) is 20.0 Å². The average Bonchev–Trinajstić information content (AvgIpc) is 3.52. The van der Waals surface area contributed by atoms with Crippen LogP contribution in [0.15, 0.2) is 67.4 Å². The van der Waals surface area contributed by atoms with Gasteiger partial charge in [0.25, 0.3) is 30.4 Å². The summed E-state index contributed by atoms with van der Waals surface area (Å²) in [6, 6.07) is 7.27. The summed E-state index contributed by atoms with van der Waals surface area (Å²) < 4.78 is 127. The smallest absolute Gasteiger partial charge is 0.296 e. The number of aromatic nitrogens is 4. The minimum Gasteiger partial charge on any atom is -0.395 e. The molecule has 0 bridgehead atoms. The van der Waals surface area contributed by atoms with Gasteiger partial charge >= 0.3 is 0 Å². The van der Waals surface area contributed by atoms with Crippen LogP contribution in [0.4, 0.5) is 28.7 Å². The van der Waals surface area contributed by atoms with Crippen molar-refractivity contribution in [1.29, 1.82) is 0 Å². The third-order valence-electron chi connectivity index (χ3n) is 7.68. The Morgan fingerprint density at radius 2 is 1.43 bits per heavy atom. The third-order valence-corrected chi connectivity index (χ3v) is 11.9. The number of benzene rings is 3. The molecule has 2 aromatic heterocycles. The molecular formula is C28H31N9O13S4. The second-order valence-electron chi connectivity index (χ2n) is 11.4. The molecule has 2 heterocycles. The molecule has 5 rings (SSSR count). The van der Waals surface area contributed by atoms with E-state index < -0.39 is 78.7 Å². The predicted molar refractivity (Wildman–Crippen MR) is 193 cm³/mol. The number of nitrogen functional groups attached to an aromatic ring is 1. The Morgan fingerprint density at radius 3 is 2.06 bits per heavy atom. The Morgan fingerprint density at radius 1 is 0.741 bits per heavy atom. The van der Waals surface area contributed by atoms with Crippen LogP contribution in [0, 0.1) is 6.92 Å². The number of hydrogen-bond donors (Lipinski definition) is 8. The number of anilines is 3. The summed E-state index contributed by atoms with van der Waals surface area (Å²) in [6.45, 7) is 0.527. The van der Waals surface area contributed by atoms with Gasteiger partial charge in [-0.3, -0.25) is 13.7 Å². The minimum absolute atomic E-state index is 0.0372. The zero-order valence-electron chi connectivity index (χ0n) is 27.7. The molecule has 3 aromatic carbocycles. The second-order valence-corrected chi connectivity index (χ2v) is 17.9. The van der Waals surface area contributed by atoms with E-state index in [1.165, 1.54) is 25.1 Å². The SMILES string of the molecule is Cc1c(N)c(NCCO)nc(NCCS(=O)(=O)CCO)c1N=Nc1ccc(-n2nc3ccc4c(S(=O)(=O)O)cc(S(=O)(=O)O)cc4c3n2)cc1S(=O)(=O)O. The number of nitrogens with two attached hydrogens (primary N) is 1. The highest BCUT2D eigenvalue weighted by molar-refractivity contribution is 7.91. The van der Waals surface area contributed by atoms with E-state index in [9.17, 15) is 52.4 Å². The Labute approximate surface area is 306 Å².